The van der Waals surface area contributed by atoms with Gasteiger partial charge in [-0.1, -0.05) is 17.7 Å². The highest BCUT2D eigenvalue weighted by Gasteiger charge is 2.06. The van der Waals surface area contributed by atoms with Gasteiger partial charge >= 0.3 is 0 Å². The fourth-order valence-corrected chi connectivity index (χ4v) is 1.80. The summed E-state index contributed by atoms with van der Waals surface area (Å²) < 4.78 is 23.8. The zero-order valence-corrected chi connectivity index (χ0v) is 11.1. The minimum absolute atomic E-state index is 0.0700. The molecule has 100 valence electrons. The fourth-order valence-electron chi connectivity index (χ4n) is 1.60. The number of nitrogen functional groups attached to an aromatic ring is 1. The van der Waals surface area contributed by atoms with E-state index in [2.05, 4.69) is 0 Å². The molecule has 0 aliphatic heterocycles. The summed E-state index contributed by atoms with van der Waals surface area (Å²) in [5.41, 5.74) is 7.03. The van der Waals surface area contributed by atoms with Gasteiger partial charge in [-0.15, -0.1) is 0 Å². The molecule has 0 unspecified atom stereocenters. The first-order valence-corrected chi connectivity index (χ1v) is 5.98. The van der Waals surface area contributed by atoms with Crippen LogP contribution in [0.2, 0.25) is 5.02 Å². The number of hydrogen-bond donors (Lipinski definition) is 1. The zero-order valence-electron chi connectivity index (χ0n) is 10.3. The van der Waals surface area contributed by atoms with Crippen LogP contribution < -0.4 is 15.2 Å². The van der Waals surface area contributed by atoms with Gasteiger partial charge in [0.2, 0.25) is 0 Å². The van der Waals surface area contributed by atoms with Gasteiger partial charge < -0.3 is 15.2 Å². The van der Waals surface area contributed by atoms with E-state index in [0.717, 1.165) is 5.56 Å². The van der Waals surface area contributed by atoms with Crippen LogP contribution >= 0.6 is 11.6 Å². The normalized spacial score (nSPS) is 10.3. The monoisotopic (exact) mass is 281 g/mol. The number of nitrogens with two attached hydrogens (primary N) is 1. The van der Waals surface area contributed by atoms with Crippen molar-refractivity contribution in [2.75, 3.05) is 12.8 Å². The van der Waals surface area contributed by atoms with Crippen molar-refractivity contribution in [3.05, 3.63) is 52.8 Å². The first kappa shape index (κ1) is 13.5. The minimum Gasteiger partial charge on any atom is -0.493 e. The third kappa shape index (κ3) is 3.29. The van der Waals surface area contributed by atoms with Crippen molar-refractivity contribution < 1.29 is 13.9 Å². The van der Waals surface area contributed by atoms with Crippen molar-refractivity contribution in [2.24, 2.45) is 0 Å². The second-order valence-corrected chi connectivity index (χ2v) is 4.35. The largest absolute Gasteiger partial charge is 0.493 e. The zero-order chi connectivity index (χ0) is 13.8. The summed E-state index contributed by atoms with van der Waals surface area (Å²) in [7, 11) is 1.55. The van der Waals surface area contributed by atoms with Crippen LogP contribution in [0.3, 0.4) is 0 Å². The van der Waals surface area contributed by atoms with E-state index in [4.69, 9.17) is 26.8 Å². The maximum atomic E-state index is 13.0. The number of hydrogen-bond acceptors (Lipinski definition) is 3. The van der Waals surface area contributed by atoms with E-state index in [0.29, 0.717) is 17.2 Å². The lowest BCUT2D eigenvalue weighted by atomic mass is 10.2. The van der Waals surface area contributed by atoms with Crippen LogP contribution in [0.1, 0.15) is 5.56 Å². The molecule has 0 atom stereocenters. The van der Waals surface area contributed by atoms with Gasteiger partial charge in [0.15, 0.2) is 11.5 Å². The molecule has 0 radical (unpaired) electrons. The van der Waals surface area contributed by atoms with Crippen LogP contribution in [0.25, 0.3) is 0 Å². The molecule has 0 heterocycles. The molecule has 0 spiro atoms. The Bertz CT molecular complexity index is 590. The number of anilines is 1. The van der Waals surface area contributed by atoms with Gasteiger partial charge in [-0.2, -0.15) is 0 Å². The van der Waals surface area contributed by atoms with E-state index < -0.39 is 5.82 Å². The minimum atomic E-state index is -0.452. The molecule has 2 aromatic rings. The van der Waals surface area contributed by atoms with E-state index >= 15 is 0 Å². The molecule has 0 aliphatic carbocycles. The Hall–Kier alpha value is -1.94. The van der Waals surface area contributed by atoms with E-state index in [1.165, 1.54) is 12.1 Å². The summed E-state index contributed by atoms with van der Waals surface area (Å²) in [6.07, 6.45) is 0. The molecule has 0 saturated heterocycles. The van der Waals surface area contributed by atoms with Crippen LogP contribution in [0.4, 0.5) is 10.1 Å². The molecule has 19 heavy (non-hydrogen) atoms. The lowest BCUT2D eigenvalue weighted by Crippen LogP contribution is -1.99. The van der Waals surface area contributed by atoms with Crippen molar-refractivity contribution in [2.45, 2.75) is 6.61 Å². The summed E-state index contributed by atoms with van der Waals surface area (Å²) in [6, 6.07) is 9.56. The molecule has 0 amide bonds. The summed E-state index contributed by atoms with van der Waals surface area (Å²) in [4.78, 5) is 0. The quantitative estimate of drug-likeness (QED) is 0.870. The van der Waals surface area contributed by atoms with Crippen molar-refractivity contribution in [1.29, 1.82) is 0 Å². The number of methoxy groups -OCH3 is 1. The molecule has 5 heteroatoms. The number of benzene rings is 2. The summed E-state index contributed by atoms with van der Waals surface area (Å²) in [5, 5.41) is 0.0700. The molecule has 0 bridgehead atoms. The Kier molecular flexibility index (Phi) is 4.12. The Labute approximate surface area is 115 Å². The standard InChI is InChI=1S/C14H13ClFNO2/c1-18-13-5-3-10(17)7-14(13)19-8-9-2-4-12(16)11(15)6-9/h2-7H,8,17H2,1H3. The summed E-state index contributed by atoms with van der Waals surface area (Å²) in [5.74, 6) is 0.664. The molecule has 2 aromatic carbocycles. The first-order chi connectivity index (χ1) is 9.10. The van der Waals surface area contributed by atoms with Gasteiger partial charge in [0.05, 0.1) is 12.1 Å². The highest BCUT2D eigenvalue weighted by atomic mass is 35.5. The van der Waals surface area contributed by atoms with Gasteiger partial charge in [-0.05, 0) is 29.8 Å². The highest BCUT2D eigenvalue weighted by Crippen LogP contribution is 2.30. The number of halogens is 2. The van der Waals surface area contributed by atoms with Crippen LogP contribution in [0, 0.1) is 5.82 Å². The molecule has 3 nitrogen and oxygen atoms in total. The second-order valence-electron chi connectivity index (χ2n) is 3.95. The Morgan fingerprint density at radius 3 is 2.63 bits per heavy atom. The van der Waals surface area contributed by atoms with Gasteiger partial charge in [0, 0.05) is 11.8 Å². The molecular weight excluding hydrogens is 269 g/mol. The van der Waals surface area contributed by atoms with E-state index in [1.54, 1.807) is 31.4 Å². The average molecular weight is 282 g/mol. The second kappa shape index (κ2) is 5.80. The van der Waals surface area contributed by atoms with Gasteiger partial charge in [-0.3, -0.25) is 0 Å². The first-order valence-electron chi connectivity index (χ1n) is 5.60. The van der Waals surface area contributed by atoms with E-state index in [1.807, 2.05) is 0 Å². The molecule has 0 aromatic heterocycles. The molecule has 2 rings (SSSR count). The third-order valence-corrected chi connectivity index (χ3v) is 2.86. The Balaban J connectivity index is 2.13. The van der Waals surface area contributed by atoms with Crippen molar-refractivity contribution in [1.82, 2.24) is 0 Å². The Morgan fingerprint density at radius 1 is 1.16 bits per heavy atom. The molecule has 0 saturated carbocycles. The van der Waals surface area contributed by atoms with E-state index in [-0.39, 0.29) is 11.6 Å². The topological polar surface area (TPSA) is 44.5 Å². The SMILES string of the molecule is COc1ccc(N)cc1OCc1ccc(F)c(Cl)c1. The maximum absolute atomic E-state index is 13.0. The van der Waals surface area contributed by atoms with Gasteiger partial charge in [0.1, 0.15) is 12.4 Å². The molecule has 0 fully saturated rings. The summed E-state index contributed by atoms with van der Waals surface area (Å²) in [6.45, 7) is 0.250. The Morgan fingerprint density at radius 2 is 1.95 bits per heavy atom. The van der Waals surface area contributed by atoms with Gasteiger partial charge in [-0.25, -0.2) is 4.39 Å². The summed E-state index contributed by atoms with van der Waals surface area (Å²) >= 11 is 5.70. The number of ether oxygens (including phenoxy) is 2. The smallest absolute Gasteiger partial charge is 0.163 e. The third-order valence-electron chi connectivity index (χ3n) is 2.57. The van der Waals surface area contributed by atoms with Crippen LogP contribution in [-0.4, -0.2) is 7.11 Å². The van der Waals surface area contributed by atoms with Crippen molar-refractivity contribution in [3.63, 3.8) is 0 Å². The fraction of sp³-hybridized carbons (Fsp3) is 0.143. The van der Waals surface area contributed by atoms with Crippen molar-refractivity contribution >= 4 is 17.3 Å². The predicted octanol–water partition coefficient (Wildman–Crippen LogP) is 3.65. The van der Waals surface area contributed by atoms with Crippen LogP contribution in [0.15, 0.2) is 36.4 Å². The van der Waals surface area contributed by atoms with Crippen LogP contribution in [0.5, 0.6) is 11.5 Å². The van der Waals surface area contributed by atoms with Crippen LogP contribution in [-0.2, 0) is 6.61 Å². The lowest BCUT2D eigenvalue weighted by Gasteiger charge is -2.11. The molecule has 0 aliphatic rings. The molecule has 2 N–H and O–H groups in total. The average Bonchev–Trinajstić information content (AvgIpc) is 2.40. The van der Waals surface area contributed by atoms with Gasteiger partial charge in [0.25, 0.3) is 0 Å². The lowest BCUT2D eigenvalue weighted by molar-refractivity contribution is 0.284. The van der Waals surface area contributed by atoms with E-state index in [9.17, 15) is 4.39 Å². The predicted molar refractivity (Wildman–Crippen MR) is 73.1 cm³/mol. The van der Waals surface area contributed by atoms with Crippen molar-refractivity contribution in [3.8, 4) is 11.5 Å². The molecular formula is C14H13ClFNO2. The highest BCUT2D eigenvalue weighted by molar-refractivity contribution is 6.30. The number of rotatable bonds is 4. The maximum Gasteiger partial charge on any atom is 0.163 e.